The van der Waals surface area contributed by atoms with Crippen LogP contribution in [0.3, 0.4) is 0 Å². The highest BCUT2D eigenvalue weighted by Gasteiger charge is 2.34. The molecular formula is C9H15NO4. The average molecular weight is 201 g/mol. The van der Waals surface area contributed by atoms with Crippen LogP contribution in [-0.4, -0.2) is 50.7 Å². The fourth-order valence-electron chi connectivity index (χ4n) is 1.51. The monoisotopic (exact) mass is 201 g/mol. The summed E-state index contributed by atoms with van der Waals surface area (Å²) in [6.45, 7) is 1.50. The number of nitrogens with zero attached hydrogens (tertiary/aromatic N) is 1. The number of ether oxygens (including phenoxy) is 2. The lowest BCUT2D eigenvalue weighted by molar-refractivity contribution is -0.145. The lowest BCUT2D eigenvalue weighted by Gasteiger charge is -2.14. The molecule has 0 aliphatic carbocycles. The molecule has 0 bridgehead atoms. The van der Waals surface area contributed by atoms with Crippen molar-refractivity contribution in [2.45, 2.75) is 6.42 Å². The molecule has 0 spiro atoms. The topological polar surface area (TPSA) is 55.8 Å². The predicted octanol–water partition coefficient (Wildman–Crippen LogP) is -0.346. The third-order valence-corrected chi connectivity index (χ3v) is 2.31. The molecule has 80 valence electrons. The summed E-state index contributed by atoms with van der Waals surface area (Å²) < 4.78 is 9.45. The molecule has 0 saturated carbocycles. The molecule has 1 heterocycles. The van der Waals surface area contributed by atoms with E-state index in [0.29, 0.717) is 19.7 Å². The molecule has 1 fully saturated rings. The summed E-state index contributed by atoms with van der Waals surface area (Å²) in [6.07, 6.45) is 0.260. The predicted molar refractivity (Wildman–Crippen MR) is 48.6 cm³/mol. The first-order valence-electron chi connectivity index (χ1n) is 4.53. The lowest BCUT2D eigenvalue weighted by atomic mass is 10.1. The number of amides is 1. The Labute approximate surface area is 83.0 Å². The van der Waals surface area contributed by atoms with Crippen LogP contribution in [0.15, 0.2) is 0 Å². The molecule has 1 saturated heterocycles. The summed E-state index contributed by atoms with van der Waals surface area (Å²) in [5, 5.41) is 0. The maximum absolute atomic E-state index is 11.4. The maximum atomic E-state index is 11.4. The molecule has 1 amide bonds. The van der Waals surface area contributed by atoms with Crippen molar-refractivity contribution in [2.24, 2.45) is 5.92 Å². The van der Waals surface area contributed by atoms with Crippen LogP contribution in [0, 0.1) is 5.92 Å². The van der Waals surface area contributed by atoms with Gasteiger partial charge in [-0.15, -0.1) is 0 Å². The van der Waals surface area contributed by atoms with Gasteiger partial charge in [-0.3, -0.25) is 9.59 Å². The average Bonchev–Trinajstić information content (AvgIpc) is 2.56. The standard InChI is InChI=1S/C9H15NO4/c1-13-4-3-10-6-7(5-8(10)11)9(12)14-2/h7H,3-6H2,1-2H3. The fourth-order valence-corrected chi connectivity index (χ4v) is 1.51. The second-order valence-corrected chi connectivity index (χ2v) is 3.26. The van der Waals surface area contributed by atoms with Gasteiger partial charge in [0.25, 0.3) is 0 Å². The number of methoxy groups -OCH3 is 2. The van der Waals surface area contributed by atoms with Crippen LogP contribution in [-0.2, 0) is 19.1 Å². The lowest BCUT2D eigenvalue weighted by Crippen LogP contribution is -2.29. The van der Waals surface area contributed by atoms with Gasteiger partial charge in [-0.2, -0.15) is 0 Å². The van der Waals surface area contributed by atoms with Gasteiger partial charge in [0.1, 0.15) is 0 Å². The van der Waals surface area contributed by atoms with Crippen molar-refractivity contribution >= 4 is 11.9 Å². The van der Waals surface area contributed by atoms with Crippen molar-refractivity contribution in [2.75, 3.05) is 33.9 Å². The Morgan fingerprint density at radius 2 is 2.29 bits per heavy atom. The van der Waals surface area contributed by atoms with Gasteiger partial charge in [-0.05, 0) is 0 Å². The first-order valence-corrected chi connectivity index (χ1v) is 4.53. The number of rotatable bonds is 4. The SMILES string of the molecule is COCCN1CC(C(=O)OC)CC1=O. The highest BCUT2D eigenvalue weighted by molar-refractivity contribution is 5.86. The van der Waals surface area contributed by atoms with Crippen LogP contribution in [0.25, 0.3) is 0 Å². The quantitative estimate of drug-likeness (QED) is 0.584. The van der Waals surface area contributed by atoms with Crippen LogP contribution in [0.1, 0.15) is 6.42 Å². The third-order valence-electron chi connectivity index (χ3n) is 2.31. The highest BCUT2D eigenvalue weighted by Crippen LogP contribution is 2.18. The minimum Gasteiger partial charge on any atom is -0.469 e. The van der Waals surface area contributed by atoms with E-state index in [0.717, 1.165) is 0 Å². The Hall–Kier alpha value is -1.10. The summed E-state index contributed by atoms with van der Waals surface area (Å²) in [5.74, 6) is -0.611. The van der Waals surface area contributed by atoms with Crippen molar-refractivity contribution in [1.82, 2.24) is 4.90 Å². The molecule has 14 heavy (non-hydrogen) atoms. The van der Waals surface area contributed by atoms with Crippen LogP contribution in [0.5, 0.6) is 0 Å². The molecule has 0 aromatic rings. The van der Waals surface area contributed by atoms with E-state index in [-0.39, 0.29) is 24.2 Å². The van der Waals surface area contributed by atoms with Crippen LogP contribution < -0.4 is 0 Å². The summed E-state index contributed by atoms with van der Waals surface area (Å²) in [4.78, 5) is 24.2. The number of esters is 1. The van der Waals surface area contributed by atoms with Crippen molar-refractivity contribution in [1.29, 1.82) is 0 Å². The van der Waals surface area contributed by atoms with Crippen molar-refractivity contribution in [3.05, 3.63) is 0 Å². The first kappa shape index (κ1) is 11.0. The zero-order chi connectivity index (χ0) is 10.6. The summed E-state index contributed by atoms with van der Waals surface area (Å²) in [7, 11) is 2.92. The van der Waals surface area contributed by atoms with Gasteiger partial charge in [0.2, 0.25) is 5.91 Å². The van der Waals surface area contributed by atoms with Crippen molar-refractivity contribution < 1.29 is 19.1 Å². The Morgan fingerprint density at radius 3 is 2.86 bits per heavy atom. The highest BCUT2D eigenvalue weighted by atomic mass is 16.5. The molecule has 1 aliphatic heterocycles. The van der Waals surface area contributed by atoms with E-state index in [2.05, 4.69) is 4.74 Å². The van der Waals surface area contributed by atoms with Crippen molar-refractivity contribution in [3.8, 4) is 0 Å². The fraction of sp³-hybridized carbons (Fsp3) is 0.778. The number of likely N-dealkylation sites (tertiary alicyclic amines) is 1. The summed E-state index contributed by atoms with van der Waals surface area (Å²) in [6, 6.07) is 0. The number of hydrogen-bond acceptors (Lipinski definition) is 4. The molecule has 1 aliphatic rings. The van der Waals surface area contributed by atoms with Crippen molar-refractivity contribution in [3.63, 3.8) is 0 Å². The molecule has 1 unspecified atom stereocenters. The molecule has 0 N–H and O–H groups in total. The van der Waals surface area contributed by atoms with Crippen LogP contribution >= 0.6 is 0 Å². The van der Waals surface area contributed by atoms with Gasteiger partial charge in [0, 0.05) is 26.6 Å². The molecular weight excluding hydrogens is 186 g/mol. The Kier molecular flexibility index (Phi) is 3.88. The largest absolute Gasteiger partial charge is 0.469 e. The molecule has 5 heteroatoms. The van der Waals surface area contributed by atoms with Gasteiger partial charge in [0.05, 0.1) is 19.6 Å². The molecule has 0 aromatic heterocycles. The van der Waals surface area contributed by atoms with E-state index < -0.39 is 0 Å². The van der Waals surface area contributed by atoms with Gasteiger partial charge in [0.15, 0.2) is 0 Å². The minimum absolute atomic E-state index is 0.00236. The Balaban J connectivity index is 2.43. The second kappa shape index (κ2) is 4.95. The van der Waals surface area contributed by atoms with Gasteiger partial charge < -0.3 is 14.4 Å². The molecule has 1 rings (SSSR count). The zero-order valence-corrected chi connectivity index (χ0v) is 8.49. The van der Waals surface area contributed by atoms with Crippen LogP contribution in [0.4, 0.5) is 0 Å². The molecule has 0 aromatic carbocycles. The zero-order valence-electron chi connectivity index (χ0n) is 8.49. The normalized spacial score (nSPS) is 21.4. The Bertz CT molecular complexity index is 229. The third kappa shape index (κ3) is 2.45. The summed E-state index contributed by atoms with van der Waals surface area (Å²) >= 11 is 0. The van der Waals surface area contributed by atoms with E-state index in [9.17, 15) is 9.59 Å². The van der Waals surface area contributed by atoms with Gasteiger partial charge in [-0.25, -0.2) is 0 Å². The van der Waals surface area contributed by atoms with E-state index in [1.165, 1.54) is 7.11 Å². The second-order valence-electron chi connectivity index (χ2n) is 3.26. The maximum Gasteiger partial charge on any atom is 0.310 e. The number of hydrogen-bond donors (Lipinski definition) is 0. The van der Waals surface area contributed by atoms with E-state index in [1.807, 2.05) is 0 Å². The minimum atomic E-state index is -0.307. The van der Waals surface area contributed by atoms with E-state index in [1.54, 1.807) is 12.0 Å². The van der Waals surface area contributed by atoms with Gasteiger partial charge in [-0.1, -0.05) is 0 Å². The molecule has 0 radical (unpaired) electrons. The number of carbonyl (C=O) groups is 2. The smallest absolute Gasteiger partial charge is 0.310 e. The number of carbonyl (C=O) groups excluding carboxylic acids is 2. The van der Waals surface area contributed by atoms with Crippen LogP contribution in [0.2, 0.25) is 0 Å². The van der Waals surface area contributed by atoms with Gasteiger partial charge >= 0.3 is 5.97 Å². The molecule has 5 nitrogen and oxygen atoms in total. The Morgan fingerprint density at radius 1 is 1.57 bits per heavy atom. The molecule has 1 atom stereocenters. The first-order chi connectivity index (χ1) is 6.69. The van der Waals surface area contributed by atoms with E-state index in [4.69, 9.17) is 4.74 Å². The summed E-state index contributed by atoms with van der Waals surface area (Å²) in [5.41, 5.74) is 0. The van der Waals surface area contributed by atoms with E-state index >= 15 is 0 Å².